The second-order valence-corrected chi connectivity index (χ2v) is 5.56. The largest absolute Gasteiger partial charge is 0.508 e. The third kappa shape index (κ3) is 1.57. The van der Waals surface area contributed by atoms with Crippen molar-refractivity contribution in [3.63, 3.8) is 0 Å². The van der Waals surface area contributed by atoms with E-state index in [0.29, 0.717) is 39.4 Å². The lowest BCUT2D eigenvalue weighted by Gasteiger charge is -2.29. The van der Waals surface area contributed by atoms with Gasteiger partial charge in [-0.1, -0.05) is 12.1 Å². The molecule has 108 valence electrons. The van der Waals surface area contributed by atoms with Crippen molar-refractivity contribution in [3.8, 4) is 17.2 Å². The molecule has 0 saturated carbocycles. The summed E-state index contributed by atoms with van der Waals surface area (Å²) in [5.74, 6) is 1.76. The van der Waals surface area contributed by atoms with E-state index in [9.17, 15) is 9.50 Å². The Kier molecular flexibility index (Phi) is 2.31. The highest BCUT2D eigenvalue weighted by Gasteiger charge is 2.51. The molecule has 23 heavy (non-hydrogen) atoms. The highest BCUT2D eigenvalue weighted by Crippen LogP contribution is 2.37. The van der Waals surface area contributed by atoms with Crippen molar-refractivity contribution in [2.75, 3.05) is 0 Å². The van der Waals surface area contributed by atoms with Gasteiger partial charge in [0.05, 0.1) is 12.2 Å². The van der Waals surface area contributed by atoms with Gasteiger partial charge in [-0.05, 0) is 24.3 Å². The van der Waals surface area contributed by atoms with Crippen LogP contribution in [0.2, 0.25) is 0 Å². The van der Waals surface area contributed by atoms with Gasteiger partial charge in [0.1, 0.15) is 34.6 Å². The van der Waals surface area contributed by atoms with E-state index in [-0.39, 0.29) is 11.6 Å². The van der Waals surface area contributed by atoms with Crippen LogP contribution < -0.4 is 20.4 Å². The smallest absolute Gasteiger partial charge is 0.343 e. The molecule has 0 aromatic heterocycles. The van der Waals surface area contributed by atoms with Crippen LogP contribution in [0.5, 0.6) is 17.2 Å². The first kappa shape index (κ1) is 12.5. The molecule has 3 aliphatic rings. The van der Waals surface area contributed by atoms with Crippen molar-refractivity contribution in [1.29, 1.82) is 0 Å². The number of ether oxygens (including phenoxy) is 2. The summed E-state index contributed by atoms with van der Waals surface area (Å²) >= 11 is 0. The minimum Gasteiger partial charge on any atom is -0.508 e. The summed E-state index contributed by atoms with van der Waals surface area (Å²) in [6, 6.07) is 9.77. The average Bonchev–Trinajstić information content (AvgIpc) is 2.55. The third-order valence-electron chi connectivity index (χ3n) is 4.31. The number of rotatable bonds is 0. The first-order valence-corrected chi connectivity index (χ1v) is 7.24. The zero-order valence-corrected chi connectivity index (χ0v) is 11.8. The minimum absolute atomic E-state index is 0.0732. The van der Waals surface area contributed by atoms with Crippen LogP contribution in [0, 0.1) is 11.9 Å². The van der Waals surface area contributed by atoms with Gasteiger partial charge in [0.15, 0.2) is 0 Å². The number of allylic oxidation sites excluding steroid dienone is 4. The molecule has 2 heterocycles. The molecule has 3 nitrogen and oxygen atoms in total. The zero-order valence-electron chi connectivity index (χ0n) is 11.8. The molecule has 0 fully saturated rings. The van der Waals surface area contributed by atoms with Crippen molar-refractivity contribution >= 4 is 17.6 Å². The van der Waals surface area contributed by atoms with Crippen LogP contribution in [0.15, 0.2) is 65.5 Å². The standard InChI is InChI=1S/C18H8BFO3/c20-10-4-1-6-12-16(10)19-17-11(21)5-2-7-13(17)23-15-9-3-8-14(22-12)18(15)19/h1-7,9H/p+1. The molecule has 0 atom stereocenters. The monoisotopic (exact) mass is 303 g/mol. The summed E-state index contributed by atoms with van der Waals surface area (Å²) in [5, 5.41) is 10.4. The second kappa shape index (κ2) is 4.25. The molecular formula is C18H9BFO3+. The summed E-state index contributed by atoms with van der Waals surface area (Å²) in [5.41, 5.74) is 1.65. The summed E-state index contributed by atoms with van der Waals surface area (Å²) in [7, 11) is 0. The lowest BCUT2D eigenvalue weighted by molar-refractivity contribution is 0.401. The second-order valence-electron chi connectivity index (χ2n) is 5.56. The molecule has 2 aromatic rings. The predicted octanol–water partition coefficient (Wildman–Crippen LogP) is 1.98. The van der Waals surface area contributed by atoms with Gasteiger partial charge < -0.3 is 14.6 Å². The summed E-state index contributed by atoms with van der Waals surface area (Å²) in [6.45, 7) is -0.479. The maximum atomic E-state index is 14.6. The molecule has 0 amide bonds. The number of hydrogen-bond acceptors (Lipinski definition) is 3. The normalized spacial score (nSPS) is 16.4. The van der Waals surface area contributed by atoms with Gasteiger partial charge in [-0.15, -0.1) is 0 Å². The van der Waals surface area contributed by atoms with Gasteiger partial charge in [0, 0.05) is 10.9 Å². The molecule has 2 aliphatic heterocycles. The van der Waals surface area contributed by atoms with Crippen molar-refractivity contribution < 1.29 is 19.0 Å². The lowest BCUT2D eigenvalue weighted by atomic mass is 9.33. The van der Waals surface area contributed by atoms with E-state index >= 15 is 0 Å². The Hall–Kier alpha value is -3.04. The maximum Gasteiger partial charge on any atom is 0.343 e. The van der Waals surface area contributed by atoms with Crippen LogP contribution in [0.4, 0.5) is 4.39 Å². The molecule has 0 bridgehead atoms. The van der Waals surface area contributed by atoms with Crippen LogP contribution in [0.1, 0.15) is 0 Å². The zero-order chi connectivity index (χ0) is 15.6. The van der Waals surface area contributed by atoms with Crippen molar-refractivity contribution in [3.05, 3.63) is 77.4 Å². The number of hydrogen-bond donors (Lipinski definition) is 1. The van der Waals surface area contributed by atoms with E-state index < -0.39 is 6.71 Å². The van der Waals surface area contributed by atoms with Crippen LogP contribution in [-0.2, 0) is 0 Å². The number of fused-ring (bicyclic) bond motifs is 4. The predicted molar refractivity (Wildman–Crippen MR) is 83.7 cm³/mol. The highest BCUT2D eigenvalue weighted by atomic mass is 19.1. The van der Waals surface area contributed by atoms with E-state index in [1.165, 1.54) is 6.07 Å². The molecule has 0 spiro atoms. The molecule has 5 heteroatoms. The molecule has 2 aromatic carbocycles. The summed E-state index contributed by atoms with van der Waals surface area (Å²) in [4.78, 5) is 0. The molecule has 5 rings (SSSR count). The molecular weight excluding hydrogens is 294 g/mol. The Labute approximate surface area is 132 Å². The maximum absolute atomic E-state index is 14.6. The first-order valence-electron chi connectivity index (χ1n) is 7.24. The SMILES string of the molecule is Oc1cccc2c1B1C3=C(C=C[C+]=C3Oc3cccc(F)c31)O2. The fourth-order valence-corrected chi connectivity index (χ4v) is 3.38. The Balaban J connectivity index is 1.90. The number of aromatic hydroxyl groups is 1. The van der Waals surface area contributed by atoms with Gasteiger partial charge in [0.2, 0.25) is 5.76 Å². The number of phenolic OH excluding ortho intramolecular Hbond substituents is 1. The van der Waals surface area contributed by atoms with Crippen molar-refractivity contribution in [2.24, 2.45) is 0 Å². The van der Waals surface area contributed by atoms with Gasteiger partial charge in [-0.3, -0.25) is 0 Å². The number of halogens is 1. The number of benzene rings is 2. The number of phenols is 1. The average molecular weight is 303 g/mol. The molecule has 0 saturated heterocycles. The van der Waals surface area contributed by atoms with Gasteiger partial charge in [-0.25, -0.2) is 4.39 Å². The first-order chi connectivity index (χ1) is 11.2. The summed E-state index contributed by atoms with van der Waals surface area (Å²) < 4.78 is 26.3. The van der Waals surface area contributed by atoms with Crippen LogP contribution in [-0.4, -0.2) is 11.8 Å². The van der Waals surface area contributed by atoms with Crippen LogP contribution in [0.25, 0.3) is 0 Å². The minimum atomic E-state index is -0.479. The van der Waals surface area contributed by atoms with E-state index in [2.05, 4.69) is 6.08 Å². The van der Waals surface area contributed by atoms with E-state index in [1.54, 1.807) is 42.5 Å². The Morgan fingerprint density at radius 1 is 1.00 bits per heavy atom. The fourth-order valence-electron chi connectivity index (χ4n) is 3.38. The van der Waals surface area contributed by atoms with E-state index in [0.717, 1.165) is 0 Å². The van der Waals surface area contributed by atoms with Crippen molar-refractivity contribution in [1.82, 2.24) is 0 Å². The van der Waals surface area contributed by atoms with Gasteiger partial charge in [-0.2, -0.15) is 0 Å². The van der Waals surface area contributed by atoms with Gasteiger partial charge >= 0.3 is 6.71 Å². The van der Waals surface area contributed by atoms with Crippen molar-refractivity contribution in [2.45, 2.75) is 0 Å². The Morgan fingerprint density at radius 3 is 2.65 bits per heavy atom. The lowest BCUT2D eigenvalue weighted by Crippen LogP contribution is -2.53. The van der Waals surface area contributed by atoms with E-state index in [1.807, 2.05) is 0 Å². The molecule has 1 N–H and O–H groups in total. The van der Waals surface area contributed by atoms with Gasteiger partial charge in [0.25, 0.3) is 5.76 Å². The molecule has 0 radical (unpaired) electrons. The Morgan fingerprint density at radius 2 is 1.78 bits per heavy atom. The Bertz CT molecular complexity index is 959. The van der Waals surface area contributed by atoms with Crippen LogP contribution in [0.3, 0.4) is 0 Å². The highest BCUT2D eigenvalue weighted by molar-refractivity contribution is 6.94. The molecule has 0 unspecified atom stereocenters. The quantitative estimate of drug-likeness (QED) is 0.597. The topological polar surface area (TPSA) is 38.7 Å². The molecule has 1 aliphatic carbocycles. The van der Waals surface area contributed by atoms with E-state index in [4.69, 9.17) is 9.47 Å². The third-order valence-corrected chi connectivity index (χ3v) is 4.31. The fraction of sp³-hybridized carbons (Fsp3) is 0. The summed E-state index contributed by atoms with van der Waals surface area (Å²) in [6.07, 6.45) is 6.52. The van der Waals surface area contributed by atoms with Crippen LogP contribution >= 0.6 is 0 Å².